The molecule has 20 heavy (non-hydrogen) atoms. The van der Waals surface area contributed by atoms with E-state index in [4.69, 9.17) is 0 Å². The molecule has 0 atom stereocenters. The van der Waals surface area contributed by atoms with E-state index in [1.54, 1.807) is 0 Å². The van der Waals surface area contributed by atoms with Gasteiger partial charge >= 0.3 is 0 Å². The molecule has 110 valence electrons. The molecule has 0 bridgehead atoms. The Hall–Kier alpha value is -0.860. The largest absolute Gasteiger partial charge is 0.390 e. The van der Waals surface area contributed by atoms with Gasteiger partial charge in [-0.25, -0.2) is 0 Å². The van der Waals surface area contributed by atoms with Gasteiger partial charge < -0.3 is 10.2 Å². The van der Waals surface area contributed by atoms with Crippen molar-refractivity contribution in [1.29, 1.82) is 0 Å². The highest BCUT2D eigenvalue weighted by molar-refractivity contribution is 5.28. The molecule has 1 aromatic carbocycles. The van der Waals surface area contributed by atoms with Crippen molar-refractivity contribution in [2.45, 2.75) is 75.4 Å². The molecule has 0 aromatic heterocycles. The maximum atomic E-state index is 10.7. The first-order chi connectivity index (χ1) is 9.60. The summed E-state index contributed by atoms with van der Waals surface area (Å²) in [5.74, 6) is 0. The Kier molecular flexibility index (Phi) is 3.87. The van der Waals surface area contributed by atoms with Gasteiger partial charge in [-0.3, -0.25) is 0 Å². The molecule has 2 aliphatic rings. The van der Waals surface area contributed by atoms with Crippen LogP contribution in [0.1, 0.15) is 68.9 Å². The second kappa shape index (κ2) is 5.50. The van der Waals surface area contributed by atoms with Crippen LogP contribution in [0.4, 0.5) is 0 Å². The first-order valence-corrected chi connectivity index (χ1v) is 8.14. The zero-order chi connectivity index (χ0) is 14.1. The summed E-state index contributed by atoms with van der Waals surface area (Å²) in [5.41, 5.74) is 1.15. The van der Waals surface area contributed by atoms with Gasteiger partial charge in [0.15, 0.2) is 0 Å². The summed E-state index contributed by atoms with van der Waals surface area (Å²) >= 11 is 0. The van der Waals surface area contributed by atoms with Crippen molar-refractivity contribution in [3.63, 3.8) is 0 Å². The molecule has 0 radical (unpaired) electrons. The van der Waals surface area contributed by atoms with Crippen molar-refractivity contribution in [2.24, 2.45) is 0 Å². The van der Waals surface area contributed by atoms with E-state index in [2.05, 4.69) is 24.3 Å². The minimum atomic E-state index is -0.610. The summed E-state index contributed by atoms with van der Waals surface area (Å²) in [6.45, 7) is 0. The molecule has 2 aliphatic carbocycles. The lowest BCUT2D eigenvalue weighted by molar-refractivity contribution is -0.000655. The van der Waals surface area contributed by atoms with Crippen molar-refractivity contribution < 1.29 is 10.2 Å². The third-order valence-electron chi connectivity index (χ3n) is 5.24. The van der Waals surface area contributed by atoms with E-state index in [9.17, 15) is 10.2 Å². The van der Waals surface area contributed by atoms with Gasteiger partial charge in [-0.15, -0.1) is 0 Å². The second-order valence-electron chi connectivity index (χ2n) is 6.90. The summed E-state index contributed by atoms with van der Waals surface area (Å²) in [7, 11) is 0. The molecule has 0 unspecified atom stereocenters. The molecule has 0 aliphatic heterocycles. The lowest BCUT2D eigenvalue weighted by Gasteiger charge is -2.32. The maximum absolute atomic E-state index is 10.7. The quantitative estimate of drug-likeness (QED) is 0.882. The number of hydrogen-bond donors (Lipinski definition) is 2. The van der Waals surface area contributed by atoms with Crippen molar-refractivity contribution in [1.82, 2.24) is 0 Å². The lowest BCUT2D eigenvalue weighted by Crippen LogP contribution is -2.29. The van der Waals surface area contributed by atoms with E-state index in [0.717, 1.165) is 63.4 Å². The third kappa shape index (κ3) is 2.91. The third-order valence-corrected chi connectivity index (χ3v) is 5.24. The van der Waals surface area contributed by atoms with E-state index in [-0.39, 0.29) is 0 Å². The molecular weight excluding hydrogens is 248 g/mol. The topological polar surface area (TPSA) is 40.5 Å². The van der Waals surface area contributed by atoms with Crippen molar-refractivity contribution >= 4 is 0 Å². The van der Waals surface area contributed by atoms with Crippen LogP contribution < -0.4 is 0 Å². The predicted molar refractivity (Wildman–Crippen MR) is 80.5 cm³/mol. The van der Waals surface area contributed by atoms with E-state index < -0.39 is 11.2 Å². The Morgan fingerprint density at radius 1 is 0.750 bits per heavy atom. The molecule has 2 fully saturated rings. The van der Waals surface area contributed by atoms with Gasteiger partial charge in [-0.1, -0.05) is 56.4 Å². The highest BCUT2D eigenvalue weighted by atomic mass is 16.3. The first-order valence-electron chi connectivity index (χ1n) is 8.14. The molecule has 1 aromatic rings. The lowest BCUT2D eigenvalue weighted by atomic mass is 9.79. The minimum Gasteiger partial charge on any atom is -0.390 e. The van der Waals surface area contributed by atoms with Crippen LogP contribution in [-0.4, -0.2) is 15.8 Å². The monoisotopic (exact) mass is 274 g/mol. The molecular formula is C18H26O2. The van der Waals surface area contributed by atoms with Crippen LogP contribution in [0.5, 0.6) is 0 Å². The van der Waals surface area contributed by atoms with Crippen molar-refractivity contribution in [3.8, 4) is 0 Å². The minimum absolute atomic E-state index is 0.483. The van der Waals surface area contributed by atoms with Gasteiger partial charge in [0.25, 0.3) is 0 Å². The SMILES string of the molecule is OC1(Cc2ccc(C3(O)CCCCC3)cc2)CCCC1. The van der Waals surface area contributed by atoms with E-state index in [0.29, 0.717) is 0 Å². The Balaban J connectivity index is 1.71. The number of aliphatic hydroxyl groups is 2. The summed E-state index contributed by atoms with van der Waals surface area (Å²) in [4.78, 5) is 0. The predicted octanol–water partition coefficient (Wildman–Crippen LogP) is 3.69. The Bertz CT molecular complexity index is 437. The molecule has 2 N–H and O–H groups in total. The van der Waals surface area contributed by atoms with Crippen LogP contribution >= 0.6 is 0 Å². The molecule has 2 nitrogen and oxygen atoms in total. The van der Waals surface area contributed by atoms with Gasteiger partial charge in [-0.2, -0.15) is 0 Å². The van der Waals surface area contributed by atoms with Crippen LogP contribution in [0.2, 0.25) is 0 Å². The number of hydrogen-bond acceptors (Lipinski definition) is 2. The smallest absolute Gasteiger partial charge is 0.0896 e. The van der Waals surface area contributed by atoms with Crippen LogP contribution in [0.3, 0.4) is 0 Å². The van der Waals surface area contributed by atoms with E-state index in [1.807, 2.05) is 0 Å². The van der Waals surface area contributed by atoms with Crippen molar-refractivity contribution in [2.75, 3.05) is 0 Å². The normalized spacial score (nSPS) is 24.7. The number of benzene rings is 1. The summed E-state index contributed by atoms with van der Waals surface area (Å²) in [6.07, 6.45) is 10.2. The van der Waals surface area contributed by atoms with Crippen LogP contribution in [-0.2, 0) is 12.0 Å². The van der Waals surface area contributed by atoms with Crippen molar-refractivity contribution in [3.05, 3.63) is 35.4 Å². The molecule has 2 heteroatoms. The fourth-order valence-electron chi connectivity index (χ4n) is 3.95. The highest BCUT2D eigenvalue weighted by Crippen LogP contribution is 2.37. The van der Waals surface area contributed by atoms with Gasteiger partial charge in [0, 0.05) is 6.42 Å². The van der Waals surface area contributed by atoms with Gasteiger partial charge in [-0.05, 0) is 36.8 Å². The van der Waals surface area contributed by atoms with E-state index in [1.165, 1.54) is 12.0 Å². The van der Waals surface area contributed by atoms with Crippen LogP contribution in [0.15, 0.2) is 24.3 Å². The van der Waals surface area contributed by atoms with Gasteiger partial charge in [0.05, 0.1) is 11.2 Å². The molecule has 0 heterocycles. The molecule has 3 rings (SSSR count). The van der Waals surface area contributed by atoms with Crippen LogP contribution in [0.25, 0.3) is 0 Å². The molecule has 2 saturated carbocycles. The maximum Gasteiger partial charge on any atom is 0.0896 e. The van der Waals surface area contributed by atoms with Crippen LogP contribution in [0, 0.1) is 0 Å². The molecule has 0 amide bonds. The number of rotatable bonds is 3. The fraction of sp³-hybridized carbons (Fsp3) is 0.667. The summed E-state index contributed by atoms with van der Waals surface area (Å²) in [6, 6.07) is 8.33. The highest BCUT2D eigenvalue weighted by Gasteiger charge is 2.33. The molecule has 0 spiro atoms. The molecule has 0 saturated heterocycles. The average molecular weight is 274 g/mol. The summed E-state index contributed by atoms with van der Waals surface area (Å²) < 4.78 is 0. The van der Waals surface area contributed by atoms with Gasteiger partial charge in [0.2, 0.25) is 0 Å². The fourth-order valence-corrected chi connectivity index (χ4v) is 3.95. The Morgan fingerprint density at radius 3 is 1.90 bits per heavy atom. The first kappa shape index (κ1) is 14.1. The van der Waals surface area contributed by atoms with Gasteiger partial charge in [0.1, 0.15) is 0 Å². The Labute approximate surface area is 121 Å². The standard InChI is InChI=1S/C18H26O2/c19-17(10-4-5-11-17)14-15-6-8-16(9-7-15)18(20)12-2-1-3-13-18/h6-9,19-20H,1-5,10-14H2. The average Bonchev–Trinajstić information content (AvgIpc) is 2.87. The Morgan fingerprint density at radius 2 is 1.30 bits per heavy atom. The summed E-state index contributed by atoms with van der Waals surface area (Å²) in [5, 5.41) is 21.2. The van der Waals surface area contributed by atoms with E-state index >= 15 is 0 Å². The zero-order valence-electron chi connectivity index (χ0n) is 12.3. The second-order valence-corrected chi connectivity index (χ2v) is 6.90. The zero-order valence-corrected chi connectivity index (χ0v) is 12.3.